The van der Waals surface area contributed by atoms with Gasteiger partial charge < -0.3 is 20.0 Å². The first-order chi connectivity index (χ1) is 11.8. The van der Waals surface area contributed by atoms with E-state index < -0.39 is 0 Å². The predicted molar refractivity (Wildman–Crippen MR) is 110 cm³/mol. The maximum absolute atomic E-state index is 12.5. The molecule has 7 heteroatoms. The summed E-state index contributed by atoms with van der Waals surface area (Å²) in [6, 6.07) is 11.9. The van der Waals surface area contributed by atoms with Crippen molar-refractivity contribution in [2.75, 3.05) is 31.6 Å². The smallest absolute Gasteiger partial charge is 0.246 e. The summed E-state index contributed by atoms with van der Waals surface area (Å²) in [7, 11) is 1.69. The lowest BCUT2D eigenvalue weighted by atomic mass is 10.2. The highest BCUT2D eigenvalue weighted by Crippen LogP contribution is 2.27. The number of benzene rings is 1. The first-order valence-corrected chi connectivity index (χ1v) is 8.13. The lowest BCUT2D eigenvalue weighted by Crippen LogP contribution is -2.44. The first-order valence-electron chi connectivity index (χ1n) is 8.13. The van der Waals surface area contributed by atoms with E-state index in [0.717, 1.165) is 30.8 Å². The molecule has 0 bridgehead atoms. The number of anilines is 1. The van der Waals surface area contributed by atoms with Crippen LogP contribution in [-0.4, -0.2) is 38.5 Å². The second-order valence-electron chi connectivity index (χ2n) is 5.61. The molecule has 0 aliphatic carbocycles. The fourth-order valence-electron chi connectivity index (χ4n) is 2.83. The Labute approximate surface area is 164 Å². The standard InChI is InChI=1S/C18H22N4O2.HI/c1-19-18(20-10-8-15-6-4-12-24-15)21-13-17(23)22-11-9-14-5-2-3-7-16(14)22;/h2-7,12H,8-11,13H2,1H3,(H2,19,20,21);1H. The van der Waals surface area contributed by atoms with Gasteiger partial charge in [-0.1, -0.05) is 18.2 Å². The summed E-state index contributed by atoms with van der Waals surface area (Å²) in [6.07, 6.45) is 3.34. The molecule has 0 saturated carbocycles. The molecule has 134 valence electrons. The minimum atomic E-state index is 0. The molecule has 1 aromatic heterocycles. The monoisotopic (exact) mass is 454 g/mol. The normalized spacial score (nSPS) is 13.2. The van der Waals surface area contributed by atoms with Crippen LogP contribution in [-0.2, 0) is 17.6 Å². The molecular formula is C18H23IN4O2. The SMILES string of the molecule is CN=C(NCCc1ccco1)NCC(=O)N1CCc2ccccc21.I. The van der Waals surface area contributed by atoms with Gasteiger partial charge in [0.1, 0.15) is 5.76 Å². The van der Waals surface area contributed by atoms with E-state index in [1.807, 2.05) is 35.2 Å². The number of aliphatic imine (C=N–C) groups is 1. The Morgan fingerprint density at radius 3 is 2.84 bits per heavy atom. The topological polar surface area (TPSA) is 69.9 Å². The number of hydrogen-bond acceptors (Lipinski definition) is 3. The minimum Gasteiger partial charge on any atom is -0.469 e. The lowest BCUT2D eigenvalue weighted by molar-refractivity contribution is -0.117. The predicted octanol–water partition coefficient (Wildman–Crippen LogP) is 2.19. The van der Waals surface area contributed by atoms with Crippen LogP contribution >= 0.6 is 24.0 Å². The molecule has 2 N–H and O–H groups in total. The number of guanidine groups is 1. The number of carbonyl (C=O) groups excluding carboxylic acids is 1. The van der Waals surface area contributed by atoms with Crippen LogP contribution in [0, 0.1) is 0 Å². The maximum atomic E-state index is 12.5. The van der Waals surface area contributed by atoms with Crippen molar-refractivity contribution in [3.63, 3.8) is 0 Å². The molecule has 1 amide bonds. The molecule has 2 heterocycles. The quantitative estimate of drug-likeness (QED) is 0.413. The van der Waals surface area contributed by atoms with E-state index in [2.05, 4.69) is 21.7 Å². The molecule has 0 saturated heterocycles. The number of nitrogens with one attached hydrogen (secondary N) is 2. The van der Waals surface area contributed by atoms with Crippen molar-refractivity contribution in [3.05, 3.63) is 54.0 Å². The summed E-state index contributed by atoms with van der Waals surface area (Å²) >= 11 is 0. The molecule has 3 rings (SSSR count). The van der Waals surface area contributed by atoms with E-state index in [4.69, 9.17) is 4.42 Å². The summed E-state index contributed by atoms with van der Waals surface area (Å²) in [4.78, 5) is 18.4. The highest BCUT2D eigenvalue weighted by molar-refractivity contribution is 14.0. The summed E-state index contributed by atoms with van der Waals surface area (Å²) < 4.78 is 5.29. The number of fused-ring (bicyclic) bond motifs is 1. The Morgan fingerprint density at radius 2 is 2.08 bits per heavy atom. The van der Waals surface area contributed by atoms with Gasteiger partial charge in [-0.25, -0.2) is 0 Å². The number of carbonyl (C=O) groups is 1. The van der Waals surface area contributed by atoms with Crippen LogP contribution in [0.15, 0.2) is 52.1 Å². The van der Waals surface area contributed by atoms with Gasteiger partial charge >= 0.3 is 0 Å². The zero-order chi connectivity index (χ0) is 16.8. The third kappa shape index (κ3) is 4.97. The molecule has 0 fully saturated rings. The summed E-state index contributed by atoms with van der Waals surface area (Å²) in [6.45, 7) is 1.65. The number of halogens is 1. The zero-order valence-electron chi connectivity index (χ0n) is 14.2. The van der Waals surface area contributed by atoms with Crippen molar-refractivity contribution in [2.24, 2.45) is 4.99 Å². The summed E-state index contributed by atoms with van der Waals surface area (Å²) in [5.74, 6) is 1.58. The van der Waals surface area contributed by atoms with E-state index >= 15 is 0 Å². The van der Waals surface area contributed by atoms with Gasteiger partial charge in [0.25, 0.3) is 0 Å². The van der Waals surface area contributed by atoms with E-state index in [0.29, 0.717) is 12.5 Å². The van der Waals surface area contributed by atoms with Crippen molar-refractivity contribution < 1.29 is 9.21 Å². The number of furan rings is 1. The Bertz CT molecular complexity index is 716. The van der Waals surface area contributed by atoms with E-state index in [1.165, 1.54) is 5.56 Å². The highest BCUT2D eigenvalue weighted by atomic mass is 127. The molecule has 25 heavy (non-hydrogen) atoms. The second kappa shape index (κ2) is 9.45. The fraction of sp³-hybridized carbons (Fsp3) is 0.333. The average molecular weight is 454 g/mol. The van der Waals surface area contributed by atoms with Crippen LogP contribution in [0.3, 0.4) is 0 Å². The van der Waals surface area contributed by atoms with Crippen LogP contribution in [0.1, 0.15) is 11.3 Å². The van der Waals surface area contributed by atoms with Gasteiger partial charge in [-0.2, -0.15) is 0 Å². The molecule has 0 atom stereocenters. The molecule has 2 aromatic rings. The zero-order valence-corrected chi connectivity index (χ0v) is 16.5. The van der Waals surface area contributed by atoms with Gasteiger partial charge in [0, 0.05) is 32.2 Å². The number of para-hydroxylation sites is 1. The van der Waals surface area contributed by atoms with E-state index in [1.54, 1.807) is 13.3 Å². The van der Waals surface area contributed by atoms with Crippen LogP contribution in [0.4, 0.5) is 5.69 Å². The fourth-order valence-corrected chi connectivity index (χ4v) is 2.83. The number of hydrogen-bond donors (Lipinski definition) is 2. The summed E-state index contributed by atoms with van der Waals surface area (Å²) in [5.41, 5.74) is 2.25. The number of rotatable bonds is 5. The molecule has 6 nitrogen and oxygen atoms in total. The number of nitrogens with zero attached hydrogens (tertiary/aromatic N) is 2. The van der Waals surface area contributed by atoms with Gasteiger partial charge in [-0.3, -0.25) is 9.79 Å². The van der Waals surface area contributed by atoms with Gasteiger partial charge in [-0.15, -0.1) is 24.0 Å². The van der Waals surface area contributed by atoms with Crippen molar-refractivity contribution in [2.45, 2.75) is 12.8 Å². The van der Waals surface area contributed by atoms with Crippen molar-refractivity contribution in [3.8, 4) is 0 Å². The van der Waals surface area contributed by atoms with Gasteiger partial charge in [-0.05, 0) is 30.2 Å². The third-order valence-corrected chi connectivity index (χ3v) is 4.06. The Balaban J connectivity index is 0.00000225. The maximum Gasteiger partial charge on any atom is 0.246 e. The molecule has 0 spiro atoms. The van der Waals surface area contributed by atoms with Crippen LogP contribution in [0.5, 0.6) is 0 Å². The Kier molecular flexibility index (Phi) is 7.30. The van der Waals surface area contributed by atoms with Gasteiger partial charge in [0.05, 0.1) is 12.8 Å². The largest absolute Gasteiger partial charge is 0.469 e. The molecule has 0 unspecified atom stereocenters. The van der Waals surface area contributed by atoms with Crippen LogP contribution in [0.2, 0.25) is 0 Å². The number of amides is 1. The molecule has 1 aromatic carbocycles. The third-order valence-electron chi connectivity index (χ3n) is 4.06. The lowest BCUT2D eigenvalue weighted by Gasteiger charge is -2.18. The van der Waals surface area contributed by atoms with Crippen molar-refractivity contribution in [1.82, 2.24) is 10.6 Å². The Morgan fingerprint density at radius 1 is 1.24 bits per heavy atom. The van der Waals surface area contributed by atoms with Crippen molar-refractivity contribution in [1.29, 1.82) is 0 Å². The minimum absolute atomic E-state index is 0. The van der Waals surface area contributed by atoms with E-state index in [9.17, 15) is 4.79 Å². The molecule has 0 radical (unpaired) electrons. The highest BCUT2D eigenvalue weighted by Gasteiger charge is 2.23. The van der Waals surface area contributed by atoms with Crippen molar-refractivity contribution >= 4 is 41.5 Å². The molecule has 1 aliphatic heterocycles. The second-order valence-corrected chi connectivity index (χ2v) is 5.61. The molecular weight excluding hydrogens is 431 g/mol. The summed E-state index contributed by atoms with van der Waals surface area (Å²) in [5, 5.41) is 6.25. The average Bonchev–Trinajstić information content (AvgIpc) is 3.27. The van der Waals surface area contributed by atoms with Gasteiger partial charge in [0.2, 0.25) is 5.91 Å². The van der Waals surface area contributed by atoms with Gasteiger partial charge in [0.15, 0.2) is 5.96 Å². The van der Waals surface area contributed by atoms with Crippen LogP contribution < -0.4 is 15.5 Å². The van der Waals surface area contributed by atoms with Crippen LogP contribution in [0.25, 0.3) is 0 Å². The van der Waals surface area contributed by atoms with E-state index in [-0.39, 0.29) is 36.4 Å². The first kappa shape index (κ1) is 19.3. The Hall–Kier alpha value is -2.03. The molecule has 1 aliphatic rings.